The van der Waals surface area contributed by atoms with Gasteiger partial charge in [-0.2, -0.15) is 0 Å². The molecule has 0 radical (unpaired) electrons. The second kappa shape index (κ2) is 7.22. The average Bonchev–Trinajstić information content (AvgIpc) is 3.04. The maximum Gasteiger partial charge on any atom is 0.260 e. The Morgan fingerprint density at radius 2 is 2.24 bits per heavy atom. The molecular weight excluding hydrogens is 360 g/mol. The van der Waals surface area contributed by atoms with Gasteiger partial charge in [0.05, 0.1) is 16.9 Å². The first-order valence-electron chi connectivity index (χ1n) is 7.49. The monoisotopic (exact) mass is 376 g/mol. The number of anilines is 2. The number of benzene rings is 1. The average molecular weight is 377 g/mol. The number of carbonyl (C=O) groups excluding carboxylic acids is 1. The van der Waals surface area contributed by atoms with Crippen LogP contribution in [-0.2, 0) is 0 Å². The number of aromatic nitrogens is 1. The van der Waals surface area contributed by atoms with E-state index < -0.39 is 5.91 Å². The van der Waals surface area contributed by atoms with Crippen molar-refractivity contribution in [1.29, 1.82) is 0 Å². The largest absolute Gasteiger partial charge is 0.365 e. The topological polar surface area (TPSA) is 95.6 Å². The summed E-state index contributed by atoms with van der Waals surface area (Å²) in [4.78, 5) is 22.2. The Balaban J connectivity index is 1.89. The lowest BCUT2D eigenvalue weighted by atomic mass is 10.1. The highest BCUT2D eigenvalue weighted by Crippen LogP contribution is 2.32. The van der Waals surface area contributed by atoms with Gasteiger partial charge in [-0.05, 0) is 25.6 Å². The van der Waals surface area contributed by atoms with E-state index in [0.29, 0.717) is 20.9 Å². The molecule has 1 aliphatic heterocycles. The van der Waals surface area contributed by atoms with Gasteiger partial charge < -0.3 is 16.0 Å². The maximum atomic E-state index is 11.2. The third kappa shape index (κ3) is 3.51. The molecule has 2 heterocycles. The van der Waals surface area contributed by atoms with Gasteiger partial charge in [0.15, 0.2) is 5.13 Å². The van der Waals surface area contributed by atoms with E-state index in [1.807, 2.05) is 43.3 Å². The van der Waals surface area contributed by atoms with Gasteiger partial charge in [-0.1, -0.05) is 35.1 Å². The molecule has 4 N–H and O–H groups in total. The van der Waals surface area contributed by atoms with Gasteiger partial charge in [-0.15, -0.1) is 0 Å². The van der Waals surface area contributed by atoms with Gasteiger partial charge in [0.2, 0.25) is 0 Å². The smallest absolute Gasteiger partial charge is 0.260 e. The third-order valence-electron chi connectivity index (χ3n) is 3.68. The predicted octanol–water partition coefficient (Wildman–Crippen LogP) is 2.55. The number of nitrogens with two attached hydrogens (primary N) is 1. The quantitative estimate of drug-likeness (QED) is 0.762. The minimum Gasteiger partial charge on any atom is -0.365 e. The number of rotatable bonds is 4. The van der Waals surface area contributed by atoms with Crippen LogP contribution >= 0.6 is 22.9 Å². The number of aryl methyl sites for hydroxylation is 1. The fourth-order valence-corrected chi connectivity index (χ4v) is 3.55. The Bertz CT molecular complexity index is 842. The van der Waals surface area contributed by atoms with Crippen LogP contribution in [-0.4, -0.2) is 29.9 Å². The SMILES string of the molecule is CNC1C(Nc2ncc(C(N)=O)s2)=NC=CN1c1c(C)cccc1Cl. The predicted molar refractivity (Wildman–Crippen MR) is 102 cm³/mol. The van der Waals surface area contributed by atoms with Crippen LogP contribution in [0.2, 0.25) is 5.02 Å². The summed E-state index contributed by atoms with van der Waals surface area (Å²) >= 11 is 7.58. The molecule has 2 aromatic rings. The van der Waals surface area contributed by atoms with Crippen molar-refractivity contribution < 1.29 is 4.79 Å². The number of hydrogen-bond donors (Lipinski definition) is 3. The van der Waals surface area contributed by atoms with Crippen LogP contribution in [0.25, 0.3) is 0 Å². The number of nitrogens with zero attached hydrogens (tertiary/aromatic N) is 3. The van der Waals surface area contributed by atoms with Gasteiger partial charge in [-0.3, -0.25) is 10.1 Å². The van der Waals surface area contributed by atoms with E-state index in [2.05, 4.69) is 20.6 Å². The molecule has 0 aliphatic carbocycles. The molecule has 0 saturated heterocycles. The minimum absolute atomic E-state index is 0.274. The minimum atomic E-state index is -0.505. The summed E-state index contributed by atoms with van der Waals surface area (Å²) in [7, 11) is 1.83. The summed E-state index contributed by atoms with van der Waals surface area (Å²) in [6.45, 7) is 2.00. The number of para-hydroxylation sites is 1. The van der Waals surface area contributed by atoms with Crippen molar-refractivity contribution in [1.82, 2.24) is 10.3 Å². The van der Waals surface area contributed by atoms with E-state index in [9.17, 15) is 4.79 Å². The van der Waals surface area contributed by atoms with Crippen LogP contribution in [0.15, 0.2) is 41.8 Å². The number of primary amides is 1. The van der Waals surface area contributed by atoms with Gasteiger partial charge in [0.1, 0.15) is 16.9 Å². The fraction of sp³-hybridized carbons (Fsp3) is 0.188. The van der Waals surface area contributed by atoms with Crippen molar-refractivity contribution in [3.05, 3.63) is 52.3 Å². The van der Waals surface area contributed by atoms with Crippen molar-refractivity contribution in [3.63, 3.8) is 0 Å². The molecule has 1 aromatic heterocycles. The highest BCUT2D eigenvalue weighted by Gasteiger charge is 2.27. The Hall–Kier alpha value is -2.42. The van der Waals surface area contributed by atoms with Gasteiger partial charge in [0, 0.05) is 12.4 Å². The molecular formula is C16H17ClN6OS. The number of likely N-dealkylation sites (N-methyl/N-ethyl adjacent to an activating group) is 1. The van der Waals surface area contributed by atoms with Crippen molar-refractivity contribution >= 4 is 45.5 Å². The summed E-state index contributed by atoms with van der Waals surface area (Å²) in [5.41, 5.74) is 7.21. The highest BCUT2D eigenvalue weighted by molar-refractivity contribution is 7.17. The Morgan fingerprint density at radius 3 is 2.88 bits per heavy atom. The summed E-state index contributed by atoms with van der Waals surface area (Å²) in [6, 6.07) is 5.77. The normalized spacial score (nSPS) is 16.7. The first-order chi connectivity index (χ1) is 12.0. The second-order valence-corrected chi connectivity index (χ2v) is 6.77. The van der Waals surface area contributed by atoms with Gasteiger partial charge in [0.25, 0.3) is 5.91 Å². The highest BCUT2D eigenvalue weighted by atomic mass is 35.5. The summed E-state index contributed by atoms with van der Waals surface area (Å²) in [6.07, 6.45) is 4.71. The Labute approximate surface area is 154 Å². The molecule has 1 aromatic carbocycles. The molecule has 25 heavy (non-hydrogen) atoms. The zero-order valence-corrected chi connectivity index (χ0v) is 15.2. The van der Waals surface area contributed by atoms with Gasteiger partial charge >= 0.3 is 0 Å². The van der Waals surface area contributed by atoms with Crippen LogP contribution in [0.1, 0.15) is 15.2 Å². The Morgan fingerprint density at radius 1 is 1.44 bits per heavy atom. The fourth-order valence-electron chi connectivity index (χ4n) is 2.56. The zero-order chi connectivity index (χ0) is 18.0. The molecule has 0 fully saturated rings. The van der Waals surface area contributed by atoms with E-state index >= 15 is 0 Å². The molecule has 3 rings (SSSR count). The molecule has 9 heteroatoms. The number of thiazole rings is 1. The van der Waals surface area contributed by atoms with Crippen LogP contribution in [0.5, 0.6) is 0 Å². The third-order valence-corrected chi connectivity index (χ3v) is 4.91. The summed E-state index contributed by atoms with van der Waals surface area (Å²) in [5.74, 6) is 0.129. The number of aliphatic imine (C=N–C) groups is 1. The number of amides is 1. The van der Waals surface area contributed by atoms with Crippen LogP contribution < -0.4 is 21.3 Å². The summed E-state index contributed by atoms with van der Waals surface area (Å²) in [5, 5.41) is 7.55. The first kappa shape index (κ1) is 17.4. The van der Waals surface area contributed by atoms with Crippen LogP contribution in [0.4, 0.5) is 10.8 Å². The van der Waals surface area contributed by atoms with Crippen molar-refractivity contribution in [2.75, 3.05) is 17.3 Å². The lowest BCUT2D eigenvalue weighted by Gasteiger charge is -2.34. The van der Waals surface area contributed by atoms with Crippen molar-refractivity contribution in [3.8, 4) is 0 Å². The van der Waals surface area contributed by atoms with Crippen LogP contribution in [0.3, 0.4) is 0 Å². The van der Waals surface area contributed by atoms with Crippen molar-refractivity contribution in [2.45, 2.75) is 13.1 Å². The standard InChI is InChI=1S/C16H17ClN6OS/c1-9-4-3-5-10(17)12(9)23-7-6-20-14(15(23)19-2)22-16-21-8-11(25-16)13(18)24/h3-8,15,19H,1-2H3,(H2,18,24)(H,20,21,22). The van der Waals surface area contributed by atoms with E-state index in [-0.39, 0.29) is 6.17 Å². The molecule has 1 aliphatic rings. The van der Waals surface area contributed by atoms with Gasteiger partial charge in [-0.25, -0.2) is 9.98 Å². The van der Waals surface area contributed by atoms with Crippen molar-refractivity contribution in [2.24, 2.45) is 10.7 Å². The number of nitrogens with one attached hydrogen (secondary N) is 2. The zero-order valence-electron chi connectivity index (χ0n) is 13.7. The van der Waals surface area contributed by atoms with Crippen LogP contribution in [0, 0.1) is 6.92 Å². The second-order valence-electron chi connectivity index (χ2n) is 5.34. The number of amidine groups is 1. The number of hydrogen-bond acceptors (Lipinski definition) is 7. The van der Waals surface area contributed by atoms with E-state index in [1.54, 1.807) is 6.20 Å². The number of carbonyl (C=O) groups is 1. The maximum absolute atomic E-state index is 11.2. The molecule has 0 bridgehead atoms. The molecule has 1 amide bonds. The molecule has 0 saturated carbocycles. The molecule has 1 unspecified atom stereocenters. The van der Waals surface area contributed by atoms with E-state index in [0.717, 1.165) is 11.3 Å². The van der Waals surface area contributed by atoms with E-state index in [4.69, 9.17) is 17.3 Å². The molecule has 1 atom stereocenters. The molecule has 7 nitrogen and oxygen atoms in total. The van der Waals surface area contributed by atoms with E-state index in [1.165, 1.54) is 17.5 Å². The lowest BCUT2D eigenvalue weighted by molar-refractivity contribution is 0.100. The Kier molecular flexibility index (Phi) is 5.03. The molecule has 0 spiro atoms. The summed E-state index contributed by atoms with van der Waals surface area (Å²) < 4.78 is 0. The number of halogens is 1. The first-order valence-corrected chi connectivity index (χ1v) is 8.68. The molecule has 130 valence electrons. The lowest BCUT2D eigenvalue weighted by Crippen LogP contribution is -2.51.